The van der Waals surface area contributed by atoms with Crippen LogP contribution in [0.3, 0.4) is 0 Å². The number of thiophene rings is 1. The Morgan fingerprint density at radius 2 is 2.10 bits per heavy atom. The van der Waals surface area contributed by atoms with E-state index in [1.54, 1.807) is 0 Å². The molecule has 6 heteroatoms. The summed E-state index contributed by atoms with van der Waals surface area (Å²) in [6.45, 7) is 4.06. The Balaban J connectivity index is 1.59. The standard InChI is InChI=1S/C24H29FO4S/c1-15-12-20(26)18(17(15)9-4-2-3-5-11-23(27)28)14-19(25)24(29)22-13-16-8-6-7-10-21(16)30-22/h2,4,6-8,10,13,17-20,24,26,29H,1,3,5,9,11-12,14H2,(H,27,28)/t17-,18+,19?,20+,24?/m0/s1. The first-order valence-corrected chi connectivity index (χ1v) is 11.2. The number of carboxylic acids is 1. The summed E-state index contributed by atoms with van der Waals surface area (Å²) in [5, 5.41) is 30.7. The quantitative estimate of drug-likeness (QED) is 0.346. The van der Waals surface area contributed by atoms with Crippen molar-refractivity contribution in [1.29, 1.82) is 0 Å². The number of carbonyl (C=O) groups is 1. The van der Waals surface area contributed by atoms with Crippen LogP contribution in [-0.2, 0) is 4.79 Å². The summed E-state index contributed by atoms with van der Waals surface area (Å²) in [4.78, 5) is 11.2. The van der Waals surface area contributed by atoms with Crippen molar-refractivity contribution in [1.82, 2.24) is 0 Å². The first-order chi connectivity index (χ1) is 14.4. The third kappa shape index (κ3) is 5.56. The Bertz CT molecular complexity index is 872. The highest BCUT2D eigenvalue weighted by atomic mass is 32.1. The predicted molar refractivity (Wildman–Crippen MR) is 118 cm³/mol. The minimum atomic E-state index is -1.47. The predicted octanol–water partition coefficient (Wildman–Crippen LogP) is 5.42. The highest BCUT2D eigenvalue weighted by Crippen LogP contribution is 2.43. The van der Waals surface area contributed by atoms with Gasteiger partial charge in [0.1, 0.15) is 12.3 Å². The van der Waals surface area contributed by atoms with Crippen molar-refractivity contribution in [3.8, 4) is 0 Å². The Morgan fingerprint density at radius 3 is 2.83 bits per heavy atom. The van der Waals surface area contributed by atoms with Crippen molar-refractivity contribution in [2.75, 3.05) is 0 Å². The smallest absolute Gasteiger partial charge is 0.303 e. The molecule has 1 aromatic carbocycles. The van der Waals surface area contributed by atoms with Gasteiger partial charge in [-0.25, -0.2) is 4.39 Å². The molecular formula is C24H29FO4S. The topological polar surface area (TPSA) is 77.8 Å². The minimum Gasteiger partial charge on any atom is -0.481 e. The lowest BCUT2D eigenvalue weighted by molar-refractivity contribution is -0.137. The molecule has 2 unspecified atom stereocenters. The van der Waals surface area contributed by atoms with Gasteiger partial charge < -0.3 is 15.3 Å². The van der Waals surface area contributed by atoms with Crippen LogP contribution in [0.5, 0.6) is 0 Å². The van der Waals surface area contributed by atoms with Crippen LogP contribution in [0, 0.1) is 11.8 Å². The van der Waals surface area contributed by atoms with Crippen LogP contribution in [0.1, 0.15) is 49.5 Å². The molecule has 0 spiro atoms. The number of alkyl halides is 1. The number of halogens is 1. The summed E-state index contributed by atoms with van der Waals surface area (Å²) in [6, 6.07) is 9.56. The molecule has 3 N–H and O–H groups in total. The van der Waals surface area contributed by atoms with Gasteiger partial charge in [-0.05, 0) is 61.5 Å². The van der Waals surface area contributed by atoms with Gasteiger partial charge in [-0.2, -0.15) is 0 Å². The largest absolute Gasteiger partial charge is 0.481 e. The second-order valence-electron chi connectivity index (χ2n) is 8.08. The number of hydrogen-bond acceptors (Lipinski definition) is 4. The number of rotatable bonds is 10. The fourth-order valence-corrected chi connectivity index (χ4v) is 5.35. The van der Waals surface area contributed by atoms with Gasteiger partial charge in [-0.15, -0.1) is 11.3 Å². The SMILES string of the molecule is C=C1C[C@@H](O)[C@H](CC(F)C(O)c2cc3ccccc3s2)[C@H]1CC=CCCCC(=O)O. The van der Waals surface area contributed by atoms with Crippen LogP contribution in [0.15, 0.2) is 54.6 Å². The van der Waals surface area contributed by atoms with Crippen LogP contribution in [0.4, 0.5) is 4.39 Å². The van der Waals surface area contributed by atoms with Crippen LogP contribution in [-0.4, -0.2) is 33.6 Å². The Kier molecular flexibility index (Phi) is 7.81. The highest BCUT2D eigenvalue weighted by Gasteiger charge is 2.39. The van der Waals surface area contributed by atoms with Gasteiger partial charge in [-0.1, -0.05) is 42.5 Å². The summed E-state index contributed by atoms with van der Waals surface area (Å²) in [7, 11) is 0. The van der Waals surface area contributed by atoms with Crippen molar-refractivity contribution >= 4 is 27.4 Å². The van der Waals surface area contributed by atoms with Crippen molar-refractivity contribution in [2.24, 2.45) is 11.8 Å². The average molecular weight is 433 g/mol. The summed E-state index contributed by atoms with van der Waals surface area (Å²) < 4.78 is 16.1. The molecule has 0 bridgehead atoms. The van der Waals surface area contributed by atoms with E-state index in [1.807, 2.05) is 42.5 Å². The van der Waals surface area contributed by atoms with Crippen LogP contribution in [0.2, 0.25) is 0 Å². The van der Waals surface area contributed by atoms with Gasteiger partial charge in [0.25, 0.3) is 0 Å². The molecule has 1 saturated carbocycles. The lowest BCUT2D eigenvalue weighted by Gasteiger charge is -2.25. The average Bonchev–Trinajstić information content (AvgIpc) is 3.25. The van der Waals surface area contributed by atoms with Gasteiger partial charge in [0, 0.05) is 16.0 Å². The third-order valence-corrected chi connectivity index (χ3v) is 7.09. The fraction of sp³-hybridized carbons (Fsp3) is 0.458. The summed E-state index contributed by atoms with van der Waals surface area (Å²) in [6.07, 6.45) is 3.14. The number of aliphatic hydroxyl groups is 2. The second-order valence-corrected chi connectivity index (χ2v) is 9.19. The number of hydrogen-bond donors (Lipinski definition) is 3. The molecule has 1 heterocycles. The molecule has 1 aromatic heterocycles. The maximum absolute atomic E-state index is 15.0. The van der Waals surface area contributed by atoms with Gasteiger partial charge in [0.05, 0.1) is 6.10 Å². The zero-order chi connectivity index (χ0) is 21.7. The van der Waals surface area contributed by atoms with Gasteiger partial charge in [-0.3, -0.25) is 4.79 Å². The van der Waals surface area contributed by atoms with Crippen molar-refractivity contribution in [2.45, 2.75) is 56.9 Å². The van der Waals surface area contributed by atoms with Crippen molar-refractivity contribution in [3.63, 3.8) is 0 Å². The summed E-state index contributed by atoms with van der Waals surface area (Å²) >= 11 is 1.39. The van der Waals surface area contributed by atoms with E-state index in [9.17, 15) is 15.0 Å². The summed E-state index contributed by atoms with van der Waals surface area (Å²) in [5.74, 6) is -1.13. The highest BCUT2D eigenvalue weighted by molar-refractivity contribution is 7.19. The Labute approximate surface area is 180 Å². The molecule has 0 saturated heterocycles. The number of carboxylic acid groups (broad SMARTS) is 1. The van der Waals surface area contributed by atoms with E-state index >= 15 is 4.39 Å². The number of unbranched alkanes of at least 4 members (excludes halogenated alkanes) is 1. The van der Waals surface area contributed by atoms with E-state index in [-0.39, 0.29) is 24.7 Å². The second kappa shape index (κ2) is 10.3. The van der Waals surface area contributed by atoms with Crippen molar-refractivity contribution < 1.29 is 24.5 Å². The van der Waals surface area contributed by atoms with E-state index in [4.69, 9.17) is 5.11 Å². The van der Waals surface area contributed by atoms with E-state index in [0.29, 0.717) is 30.6 Å². The maximum Gasteiger partial charge on any atom is 0.303 e. The molecule has 1 fully saturated rings. The van der Waals surface area contributed by atoms with E-state index in [2.05, 4.69) is 6.58 Å². The van der Waals surface area contributed by atoms with E-state index in [0.717, 1.165) is 15.7 Å². The molecule has 2 aromatic rings. The maximum atomic E-state index is 15.0. The van der Waals surface area contributed by atoms with Crippen LogP contribution < -0.4 is 0 Å². The zero-order valence-electron chi connectivity index (χ0n) is 16.9. The number of allylic oxidation sites excluding steroid dienone is 2. The molecule has 4 nitrogen and oxygen atoms in total. The first kappa shape index (κ1) is 22.7. The van der Waals surface area contributed by atoms with Gasteiger partial charge >= 0.3 is 5.97 Å². The number of benzene rings is 1. The van der Waals surface area contributed by atoms with Crippen LogP contribution in [0.25, 0.3) is 10.1 Å². The monoisotopic (exact) mass is 432 g/mol. The minimum absolute atomic E-state index is 0.0384. The van der Waals surface area contributed by atoms with Crippen LogP contribution >= 0.6 is 11.3 Å². The molecule has 0 aliphatic heterocycles. The van der Waals surface area contributed by atoms with Crippen molar-refractivity contribution in [3.05, 3.63) is 59.5 Å². The summed E-state index contributed by atoms with van der Waals surface area (Å²) in [5.41, 5.74) is 0.909. The molecule has 0 amide bonds. The number of fused-ring (bicyclic) bond motifs is 1. The third-order valence-electron chi connectivity index (χ3n) is 5.90. The Hall–Kier alpha value is -2.02. The molecule has 5 atom stereocenters. The first-order valence-electron chi connectivity index (χ1n) is 10.4. The molecule has 162 valence electrons. The number of aliphatic hydroxyl groups excluding tert-OH is 2. The Morgan fingerprint density at radius 1 is 1.33 bits per heavy atom. The fourth-order valence-electron chi connectivity index (χ4n) is 4.25. The molecule has 30 heavy (non-hydrogen) atoms. The van der Waals surface area contributed by atoms with Gasteiger partial charge in [0.2, 0.25) is 0 Å². The lowest BCUT2D eigenvalue weighted by atomic mass is 9.85. The zero-order valence-corrected chi connectivity index (χ0v) is 17.7. The van der Waals surface area contributed by atoms with E-state index in [1.165, 1.54) is 11.3 Å². The molecule has 1 aliphatic rings. The number of aliphatic carboxylic acids is 1. The molecule has 3 rings (SSSR count). The lowest BCUT2D eigenvalue weighted by Crippen LogP contribution is -2.26. The van der Waals surface area contributed by atoms with E-state index < -0.39 is 24.3 Å². The molecular weight excluding hydrogens is 403 g/mol. The molecule has 1 aliphatic carbocycles. The normalized spacial score (nSPS) is 24.0. The van der Waals surface area contributed by atoms with Gasteiger partial charge in [0.15, 0.2) is 0 Å². The molecule has 0 radical (unpaired) electrons.